The first-order valence-corrected chi connectivity index (χ1v) is 8.37. The minimum Gasteiger partial charge on any atom is -0.493 e. The Kier molecular flexibility index (Phi) is 5.50. The van der Waals surface area contributed by atoms with Crippen molar-refractivity contribution in [1.82, 2.24) is 4.90 Å². The molecule has 2 aromatic carbocycles. The number of carboxylic acids is 1. The van der Waals surface area contributed by atoms with Gasteiger partial charge in [-0.3, -0.25) is 4.79 Å². The lowest BCUT2D eigenvalue weighted by atomic mass is 10.1. The van der Waals surface area contributed by atoms with Crippen LogP contribution in [0.25, 0.3) is 10.8 Å². The number of nitrogens with zero attached hydrogens (tertiary/aromatic N) is 1. The number of fused-ring (bicyclic) bond motifs is 1. The first-order chi connectivity index (χ1) is 12.2. The van der Waals surface area contributed by atoms with Gasteiger partial charge in [-0.05, 0) is 17.9 Å². The molecule has 1 atom stereocenters. The molecule has 1 unspecified atom stereocenters. The number of aliphatic carboxylic acids is 1. The smallest absolute Gasteiger partial charge is 0.328 e. The van der Waals surface area contributed by atoms with Crippen LogP contribution in [0, 0.1) is 0 Å². The van der Waals surface area contributed by atoms with E-state index in [-0.39, 0.29) is 18.9 Å². The fraction of sp³-hybridized carbons (Fsp3) is 0.368. The standard InChI is InChI=1S/C19H21NO5/c21-18(20-10-12-24-13-16(20)19(22)23)9-4-11-25-17-8-3-6-14-5-1-2-7-15(14)17/h1-3,5-8,16H,4,9-13H2,(H,22,23). The lowest BCUT2D eigenvalue weighted by molar-refractivity contribution is -0.158. The van der Waals surface area contributed by atoms with Gasteiger partial charge in [-0.1, -0.05) is 36.4 Å². The number of carbonyl (C=O) groups is 2. The number of rotatable bonds is 6. The molecule has 132 valence electrons. The highest BCUT2D eigenvalue weighted by Gasteiger charge is 2.32. The zero-order valence-corrected chi connectivity index (χ0v) is 13.9. The Morgan fingerprint density at radius 2 is 2.00 bits per heavy atom. The zero-order valence-electron chi connectivity index (χ0n) is 13.9. The van der Waals surface area contributed by atoms with Crippen LogP contribution >= 0.6 is 0 Å². The van der Waals surface area contributed by atoms with Gasteiger partial charge < -0.3 is 19.5 Å². The van der Waals surface area contributed by atoms with E-state index in [1.54, 1.807) is 0 Å². The predicted octanol–water partition coefficient (Wildman–Crippen LogP) is 2.31. The van der Waals surface area contributed by atoms with Crippen molar-refractivity contribution in [3.05, 3.63) is 42.5 Å². The van der Waals surface area contributed by atoms with Crippen LogP contribution in [0.2, 0.25) is 0 Å². The second kappa shape index (κ2) is 7.98. The largest absolute Gasteiger partial charge is 0.493 e. The van der Waals surface area contributed by atoms with Crippen LogP contribution in [0.3, 0.4) is 0 Å². The summed E-state index contributed by atoms with van der Waals surface area (Å²) in [6, 6.07) is 12.9. The molecule has 0 aromatic heterocycles. The fourth-order valence-electron chi connectivity index (χ4n) is 2.98. The summed E-state index contributed by atoms with van der Waals surface area (Å²) in [5.74, 6) is -0.405. The van der Waals surface area contributed by atoms with Gasteiger partial charge in [0.1, 0.15) is 5.75 Å². The molecular formula is C19H21NO5. The number of carbonyl (C=O) groups excluding carboxylic acids is 1. The third-order valence-corrected chi connectivity index (χ3v) is 4.28. The van der Waals surface area contributed by atoms with Crippen molar-refractivity contribution in [2.45, 2.75) is 18.9 Å². The SMILES string of the molecule is O=C(O)C1COCCN1C(=O)CCCOc1cccc2ccccc12. The van der Waals surface area contributed by atoms with Crippen molar-refractivity contribution >= 4 is 22.6 Å². The molecule has 6 nitrogen and oxygen atoms in total. The van der Waals surface area contributed by atoms with E-state index in [0.717, 1.165) is 16.5 Å². The van der Waals surface area contributed by atoms with E-state index < -0.39 is 12.0 Å². The van der Waals surface area contributed by atoms with Crippen molar-refractivity contribution in [2.24, 2.45) is 0 Å². The average molecular weight is 343 g/mol. The van der Waals surface area contributed by atoms with Gasteiger partial charge in [0, 0.05) is 18.4 Å². The molecule has 0 bridgehead atoms. The monoisotopic (exact) mass is 343 g/mol. The van der Waals surface area contributed by atoms with E-state index in [1.807, 2.05) is 42.5 Å². The summed E-state index contributed by atoms with van der Waals surface area (Å²) in [6.07, 6.45) is 0.792. The second-order valence-electron chi connectivity index (χ2n) is 5.95. The minimum atomic E-state index is -1.03. The van der Waals surface area contributed by atoms with Crippen molar-refractivity contribution in [3.63, 3.8) is 0 Å². The van der Waals surface area contributed by atoms with E-state index in [9.17, 15) is 14.7 Å². The molecule has 1 heterocycles. The summed E-state index contributed by atoms with van der Waals surface area (Å²) < 4.78 is 11.0. The summed E-state index contributed by atoms with van der Waals surface area (Å²) in [6.45, 7) is 1.15. The van der Waals surface area contributed by atoms with Gasteiger partial charge in [-0.15, -0.1) is 0 Å². The Morgan fingerprint density at radius 1 is 1.20 bits per heavy atom. The Morgan fingerprint density at radius 3 is 2.84 bits per heavy atom. The number of carboxylic acid groups (broad SMARTS) is 1. The number of hydrogen-bond donors (Lipinski definition) is 1. The lowest BCUT2D eigenvalue weighted by Crippen LogP contribution is -2.52. The van der Waals surface area contributed by atoms with Gasteiger partial charge >= 0.3 is 5.97 Å². The number of amides is 1. The zero-order chi connectivity index (χ0) is 17.6. The Balaban J connectivity index is 1.52. The van der Waals surface area contributed by atoms with Crippen LogP contribution in [-0.2, 0) is 14.3 Å². The Bertz CT molecular complexity index is 755. The van der Waals surface area contributed by atoms with Gasteiger partial charge in [-0.25, -0.2) is 4.79 Å². The fourth-order valence-corrected chi connectivity index (χ4v) is 2.98. The summed E-state index contributed by atoms with van der Waals surface area (Å²) in [5.41, 5.74) is 0. The topological polar surface area (TPSA) is 76.1 Å². The Hall–Kier alpha value is -2.60. The van der Waals surface area contributed by atoms with Gasteiger partial charge in [-0.2, -0.15) is 0 Å². The van der Waals surface area contributed by atoms with Crippen LogP contribution in [-0.4, -0.2) is 54.3 Å². The molecule has 0 aliphatic carbocycles. The molecule has 0 spiro atoms. The quantitative estimate of drug-likeness (QED) is 0.815. The molecule has 0 radical (unpaired) electrons. The highest BCUT2D eigenvalue weighted by atomic mass is 16.5. The highest BCUT2D eigenvalue weighted by molar-refractivity contribution is 5.88. The molecule has 1 aliphatic rings. The van der Waals surface area contributed by atoms with Gasteiger partial charge in [0.15, 0.2) is 6.04 Å². The van der Waals surface area contributed by atoms with E-state index in [1.165, 1.54) is 4.90 Å². The number of ether oxygens (including phenoxy) is 2. The molecule has 2 aromatic rings. The van der Waals surface area contributed by atoms with Crippen LogP contribution in [0.15, 0.2) is 42.5 Å². The molecule has 6 heteroatoms. The minimum absolute atomic E-state index is 0.0492. The molecule has 1 N–H and O–H groups in total. The van der Waals surface area contributed by atoms with Crippen molar-refractivity contribution in [3.8, 4) is 5.75 Å². The Labute approximate surface area is 145 Å². The van der Waals surface area contributed by atoms with Gasteiger partial charge in [0.2, 0.25) is 5.91 Å². The molecule has 1 saturated heterocycles. The first-order valence-electron chi connectivity index (χ1n) is 8.37. The number of morpholine rings is 1. The molecular weight excluding hydrogens is 322 g/mol. The van der Waals surface area contributed by atoms with E-state index in [0.29, 0.717) is 26.2 Å². The first kappa shape index (κ1) is 17.2. The summed E-state index contributed by atoms with van der Waals surface area (Å²) in [7, 11) is 0. The number of hydrogen-bond acceptors (Lipinski definition) is 4. The maximum Gasteiger partial charge on any atom is 0.328 e. The third-order valence-electron chi connectivity index (χ3n) is 4.28. The maximum absolute atomic E-state index is 12.3. The molecule has 1 aliphatic heterocycles. The van der Waals surface area contributed by atoms with Crippen LogP contribution in [0.4, 0.5) is 0 Å². The highest BCUT2D eigenvalue weighted by Crippen LogP contribution is 2.25. The number of benzene rings is 2. The summed E-state index contributed by atoms with van der Waals surface area (Å²) in [4.78, 5) is 24.9. The molecule has 25 heavy (non-hydrogen) atoms. The normalized spacial score (nSPS) is 17.4. The summed E-state index contributed by atoms with van der Waals surface area (Å²) in [5, 5.41) is 11.3. The molecule has 1 fully saturated rings. The maximum atomic E-state index is 12.3. The average Bonchev–Trinajstić information content (AvgIpc) is 2.65. The van der Waals surface area contributed by atoms with Crippen molar-refractivity contribution in [2.75, 3.05) is 26.4 Å². The molecule has 1 amide bonds. The van der Waals surface area contributed by atoms with E-state index in [2.05, 4.69) is 0 Å². The summed E-state index contributed by atoms with van der Waals surface area (Å²) >= 11 is 0. The van der Waals surface area contributed by atoms with E-state index in [4.69, 9.17) is 9.47 Å². The predicted molar refractivity (Wildman–Crippen MR) is 92.6 cm³/mol. The molecule has 3 rings (SSSR count). The molecule has 0 saturated carbocycles. The van der Waals surface area contributed by atoms with E-state index >= 15 is 0 Å². The van der Waals surface area contributed by atoms with Crippen LogP contribution < -0.4 is 4.74 Å². The van der Waals surface area contributed by atoms with Gasteiger partial charge in [0.05, 0.1) is 19.8 Å². The lowest BCUT2D eigenvalue weighted by Gasteiger charge is -2.32. The van der Waals surface area contributed by atoms with Crippen LogP contribution in [0.1, 0.15) is 12.8 Å². The third kappa shape index (κ3) is 4.09. The van der Waals surface area contributed by atoms with Crippen molar-refractivity contribution < 1.29 is 24.2 Å². The second-order valence-corrected chi connectivity index (χ2v) is 5.95. The van der Waals surface area contributed by atoms with Crippen LogP contribution in [0.5, 0.6) is 5.75 Å². The van der Waals surface area contributed by atoms with Gasteiger partial charge in [0.25, 0.3) is 0 Å². The van der Waals surface area contributed by atoms with Crippen molar-refractivity contribution in [1.29, 1.82) is 0 Å².